The summed E-state index contributed by atoms with van der Waals surface area (Å²) in [6.07, 6.45) is 3.32. The third kappa shape index (κ3) is 4.50. The van der Waals surface area contributed by atoms with Gasteiger partial charge in [0.2, 0.25) is 12.5 Å². The lowest BCUT2D eigenvalue weighted by Gasteiger charge is -2.08. The van der Waals surface area contributed by atoms with Gasteiger partial charge in [-0.2, -0.15) is 4.57 Å². The molecule has 0 atom stereocenters. The predicted octanol–water partition coefficient (Wildman–Crippen LogP) is 2.39. The van der Waals surface area contributed by atoms with Gasteiger partial charge in [-0.05, 0) is 23.2 Å². The van der Waals surface area contributed by atoms with Crippen molar-refractivity contribution in [2.24, 2.45) is 0 Å². The Morgan fingerprint density at radius 1 is 1.13 bits per heavy atom. The summed E-state index contributed by atoms with van der Waals surface area (Å²) in [7, 11) is 1.58. The van der Waals surface area contributed by atoms with E-state index in [4.69, 9.17) is 11.6 Å². The molecule has 0 aliphatic carbocycles. The van der Waals surface area contributed by atoms with Crippen LogP contribution in [0.3, 0.4) is 0 Å². The third-order valence-corrected chi connectivity index (χ3v) is 3.62. The number of carbonyl (C=O) groups is 2. The zero-order chi connectivity index (χ0) is 16.8. The summed E-state index contributed by atoms with van der Waals surface area (Å²) < 4.78 is 1.67. The number of pyridine rings is 1. The van der Waals surface area contributed by atoms with E-state index in [0.717, 1.165) is 16.7 Å². The van der Waals surface area contributed by atoms with Crippen LogP contribution in [-0.2, 0) is 16.1 Å². The van der Waals surface area contributed by atoms with Gasteiger partial charge in [0.15, 0.2) is 12.0 Å². The fraction of sp³-hybridized carbons (Fsp3) is 0.167. The van der Waals surface area contributed by atoms with Crippen molar-refractivity contribution in [1.29, 1.82) is 0 Å². The highest BCUT2D eigenvalue weighted by Gasteiger charge is 2.16. The molecule has 2 rings (SSSR count). The molecule has 0 aliphatic heterocycles. The first-order valence-electron chi connectivity index (χ1n) is 7.19. The van der Waals surface area contributed by atoms with Crippen molar-refractivity contribution in [2.45, 2.75) is 13.5 Å². The Kier molecular flexibility index (Phi) is 5.66. The third-order valence-electron chi connectivity index (χ3n) is 3.28. The number of nitrogens with zero attached hydrogens (tertiary/aromatic N) is 1. The quantitative estimate of drug-likeness (QED) is 0.520. The maximum atomic E-state index is 11.8. The number of rotatable bonds is 5. The van der Waals surface area contributed by atoms with Crippen LogP contribution in [0.15, 0.2) is 54.7 Å². The summed E-state index contributed by atoms with van der Waals surface area (Å²) in [5, 5.41) is 3.06. The minimum Gasteiger partial charge on any atom is -0.356 e. The lowest BCUT2D eigenvalue weighted by atomic mass is 9.98. The van der Waals surface area contributed by atoms with Crippen LogP contribution in [0, 0.1) is 0 Å². The molecular formula is C18H18ClN2O2+. The smallest absolute Gasteiger partial charge is 0.275 e. The molecule has 0 saturated carbocycles. The lowest BCUT2D eigenvalue weighted by Crippen LogP contribution is -2.38. The van der Waals surface area contributed by atoms with E-state index in [1.165, 1.54) is 13.0 Å². The number of likely N-dealkylation sites (N-methyl/N-ethyl adjacent to an activating group) is 1. The summed E-state index contributed by atoms with van der Waals surface area (Å²) in [5.74, 6) is -0.192. The SMILES string of the molecule is CNC(=O)C=C(c1ccccc1)c1ccc(Cl)[n+](CC(C)=O)c1. The number of ketones is 1. The zero-order valence-corrected chi connectivity index (χ0v) is 13.8. The predicted molar refractivity (Wildman–Crippen MR) is 89.9 cm³/mol. The molecule has 118 valence electrons. The molecule has 0 spiro atoms. The fourth-order valence-corrected chi connectivity index (χ4v) is 2.37. The summed E-state index contributed by atoms with van der Waals surface area (Å²) in [5.41, 5.74) is 2.48. The van der Waals surface area contributed by atoms with Gasteiger partial charge in [-0.15, -0.1) is 0 Å². The number of hydrogen-bond donors (Lipinski definition) is 1. The molecule has 2 aromatic rings. The minimum atomic E-state index is -0.197. The van der Waals surface area contributed by atoms with Crippen LogP contribution in [0.1, 0.15) is 18.1 Å². The molecular weight excluding hydrogens is 312 g/mol. The Morgan fingerprint density at radius 3 is 2.43 bits per heavy atom. The van der Waals surface area contributed by atoms with Gasteiger partial charge in [0.25, 0.3) is 5.15 Å². The van der Waals surface area contributed by atoms with E-state index in [1.54, 1.807) is 23.9 Å². The number of benzene rings is 1. The Labute approximate surface area is 140 Å². The van der Waals surface area contributed by atoms with Crippen LogP contribution >= 0.6 is 11.6 Å². The Bertz CT molecular complexity index is 755. The molecule has 23 heavy (non-hydrogen) atoms. The van der Waals surface area contributed by atoms with Gasteiger partial charge in [0.05, 0.1) is 0 Å². The van der Waals surface area contributed by atoms with E-state index in [2.05, 4.69) is 5.32 Å². The first-order chi connectivity index (χ1) is 11.0. The van der Waals surface area contributed by atoms with Crippen LogP contribution in [0.2, 0.25) is 5.15 Å². The second kappa shape index (κ2) is 7.70. The number of aromatic nitrogens is 1. The van der Waals surface area contributed by atoms with Crippen LogP contribution in [0.25, 0.3) is 5.57 Å². The summed E-state index contributed by atoms with van der Waals surface area (Å²) in [4.78, 5) is 23.2. The van der Waals surface area contributed by atoms with Crippen molar-refractivity contribution in [2.75, 3.05) is 7.05 Å². The number of hydrogen-bond acceptors (Lipinski definition) is 2. The van der Waals surface area contributed by atoms with E-state index in [0.29, 0.717) is 5.15 Å². The number of Topliss-reactive ketones (excluding diaryl/α,β-unsaturated/α-hetero) is 1. The van der Waals surface area contributed by atoms with Crippen LogP contribution in [0.4, 0.5) is 0 Å². The normalized spacial score (nSPS) is 11.2. The molecule has 1 amide bonds. The van der Waals surface area contributed by atoms with E-state index in [-0.39, 0.29) is 18.2 Å². The molecule has 0 aliphatic rings. The average Bonchev–Trinajstić information content (AvgIpc) is 2.55. The number of carbonyl (C=O) groups excluding carboxylic acids is 2. The van der Waals surface area contributed by atoms with E-state index >= 15 is 0 Å². The van der Waals surface area contributed by atoms with Crippen molar-refractivity contribution in [1.82, 2.24) is 5.32 Å². The molecule has 0 bridgehead atoms. The highest BCUT2D eigenvalue weighted by Crippen LogP contribution is 2.23. The van der Waals surface area contributed by atoms with Crippen LogP contribution in [0.5, 0.6) is 0 Å². The number of amides is 1. The maximum Gasteiger partial charge on any atom is 0.275 e. The average molecular weight is 330 g/mol. The Morgan fingerprint density at radius 2 is 1.83 bits per heavy atom. The largest absolute Gasteiger partial charge is 0.356 e. The van der Waals surface area contributed by atoms with Gasteiger partial charge in [-0.3, -0.25) is 9.59 Å². The zero-order valence-electron chi connectivity index (χ0n) is 13.0. The Balaban J connectivity index is 2.54. The molecule has 5 heteroatoms. The van der Waals surface area contributed by atoms with E-state index in [9.17, 15) is 9.59 Å². The van der Waals surface area contributed by atoms with Crippen molar-refractivity contribution in [3.63, 3.8) is 0 Å². The molecule has 4 nitrogen and oxygen atoms in total. The summed E-state index contributed by atoms with van der Waals surface area (Å²) in [6, 6.07) is 13.1. The van der Waals surface area contributed by atoms with Gasteiger partial charge in [-0.25, -0.2) is 0 Å². The van der Waals surface area contributed by atoms with Crippen molar-refractivity contribution in [3.8, 4) is 0 Å². The van der Waals surface area contributed by atoms with Crippen molar-refractivity contribution < 1.29 is 14.2 Å². The second-order valence-electron chi connectivity index (χ2n) is 5.11. The van der Waals surface area contributed by atoms with Gasteiger partial charge < -0.3 is 5.32 Å². The number of halogens is 1. The summed E-state index contributed by atoms with van der Waals surface area (Å²) in [6.45, 7) is 1.70. The first kappa shape index (κ1) is 16.9. The topological polar surface area (TPSA) is 50.1 Å². The Hall–Kier alpha value is -2.46. The molecule has 1 N–H and O–H groups in total. The molecule has 0 unspecified atom stereocenters. The first-order valence-corrected chi connectivity index (χ1v) is 7.56. The summed E-state index contributed by atoms with van der Waals surface area (Å²) >= 11 is 6.14. The van der Waals surface area contributed by atoms with Gasteiger partial charge in [-0.1, -0.05) is 30.3 Å². The second-order valence-corrected chi connectivity index (χ2v) is 5.50. The van der Waals surface area contributed by atoms with Gasteiger partial charge in [0, 0.05) is 37.3 Å². The maximum absolute atomic E-state index is 11.8. The van der Waals surface area contributed by atoms with Crippen molar-refractivity contribution in [3.05, 3.63) is 71.0 Å². The van der Waals surface area contributed by atoms with E-state index < -0.39 is 0 Å². The molecule has 0 fully saturated rings. The standard InChI is InChI=1S/C18H17ClN2O2/c1-13(22)11-21-12-15(8-9-17(21)19)16(10-18(23)20-2)14-6-4-3-5-7-14/h3-10,12H,11H2,1-2H3/p+1. The number of nitrogens with one attached hydrogen (secondary N) is 1. The highest BCUT2D eigenvalue weighted by molar-refractivity contribution is 6.28. The molecule has 0 saturated heterocycles. The molecule has 1 aromatic carbocycles. The lowest BCUT2D eigenvalue weighted by molar-refractivity contribution is -0.682. The van der Waals surface area contributed by atoms with Gasteiger partial charge >= 0.3 is 0 Å². The fourth-order valence-electron chi connectivity index (χ4n) is 2.20. The highest BCUT2D eigenvalue weighted by atomic mass is 35.5. The minimum absolute atomic E-state index is 0.00518. The molecule has 1 aromatic heterocycles. The van der Waals surface area contributed by atoms with Crippen LogP contribution < -0.4 is 9.88 Å². The molecule has 1 heterocycles. The monoisotopic (exact) mass is 329 g/mol. The molecule has 0 radical (unpaired) electrons. The van der Waals surface area contributed by atoms with E-state index in [1.807, 2.05) is 36.4 Å². The van der Waals surface area contributed by atoms with Gasteiger partial charge in [0.1, 0.15) is 0 Å². The van der Waals surface area contributed by atoms with Crippen LogP contribution in [-0.4, -0.2) is 18.7 Å². The van der Waals surface area contributed by atoms with Crippen molar-refractivity contribution >= 4 is 28.9 Å².